The highest BCUT2D eigenvalue weighted by Gasteiger charge is 2.17. The van der Waals surface area contributed by atoms with Crippen molar-refractivity contribution in [2.75, 3.05) is 6.61 Å². The summed E-state index contributed by atoms with van der Waals surface area (Å²) >= 11 is 0. The van der Waals surface area contributed by atoms with E-state index >= 15 is 0 Å². The molecule has 0 bridgehead atoms. The van der Waals surface area contributed by atoms with Crippen molar-refractivity contribution in [3.8, 4) is 0 Å². The molecule has 0 unspecified atom stereocenters. The van der Waals surface area contributed by atoms with Crippen LogP contribution in [0.1, 0.15) is 31.1 Å². The Bertz CT molecular complexity index is 515. The molecule has 3 rings (SSSR count). The van der Waals surface area contributed by atoms with Crippen molar-refractivity contribution in [1.29, 1.82) is 0 Å². The summed E-state index contributed by atoms with van der Waals surface area (Å²) in [4.78, 5) is 4.37. The van der Waals surface area contributed by atoms with Gasteiger partial charge in [-0.1, -0.05) is 6.07 Å². The molecule has 2 aromatic rings. The number of hydrogen-bond acceptors (Lipinski definition) is 3. The van der Waals surface area contributed by atoms with Crippen molar-refractivity contribution in [3.05, 3.63) is 30.1 Å². The summed E-state index contributed by atoms with van der Waals surface area (Å²) in [5, 5.41) is 9.09. The molecular formula is C13H16N2O2. The van der Waals surface area contributed by atoms with Gasteiger partial charge in [-0.05, 0) is 37.0 Å². The highest BCUT2D eigenvalue weighted by molar-refractivity contribution is 5.76. The van der Waals surface area contributed by atoms with E-state index in [0.717, 1.165) is 36.0 Å². The van der Waals surface area contributed by atoms with E-state index in [0.29, 0.717) is 0 Å². The van der Waals surface area contributed by atoms with E-state index in [9.17, 15) is 0 Å². The fourth-order valence-corrected chi connectivity index (χ4v) is 2.35. The molecule has 1 N–H and O–H groups in total. The molecule has 1 aliphatic rings. The molecule has 1 saturated heterocycles. The molecule has 0 radical (unpaired) electrons. The molecule has 2 heterocycles. The van der Waals surface area contributed by atoms with Crippen LogP contribution in [0.5, 0.6) is 0 Å². The van der Waals surface area contributed by atoms with Gasteiger partial charge in [-0.2, -0.15) is 0 Å². The molecule has 0 amide bonds. The largest absolute Gasteiger partial charge is 0.392 e. The lowest BCUT2D eigenvalue weighted by Crippen LogP contribution is -2.17. The number of fused-ring (bicyclic) bond motifs is 1. The lowest BCUT2D eigenvalue weighted by atomic mass is 10.1. The van der Waals surface area contributed by atoms with Gasteiger partial charge in [-0.15, -0.1) is 0 Å². The smallest absolute Gasteiger partial charge is 0.135 e. The maximum atomic E-state index is 9.09. The zero-order valence-corrected chi connectivity index (χ0v) is 9.67. The predicted octanol–water partition coefficient (Wildman–Crippen LogP) is 2.23. The third kappa shape index (κ3) is 1.94. The van der Waals surface area contributed by atoms with E-state index in [1.165, 1.54) is 6.42 Å². The molecule has 1 aliphatic heterocycles. The summed E-state index contributed by atoms with van der Waals surface area (Å²) in [7, 11) is 0. The zero-order valence-electron chi connectivity index (χ0n) is 9.67. The van der Waals surface area contributed by atoms with E-state index in [-0.39, 0.29) is 12.8 Å². The first-order valence-electron chi connectivity index (χ1n) is 6.06. The van der Waals surface area contributed by atoms with Gasteiger partial charge >= 0.3 is 0 Å². The maximum absolute atomic E-state index is 9.09. The van der Waals surface area contributed by atoms with Crippen LogP contribution in [0.4, 0.5) is 0 Å². The molecular weight excluding hydrogens is 216 g/mol. The molecule has 1 aromatic carbocycles. The molecule has 17 heavy (non-hydrogen) atoms. The van der Waals surface area contributed by atoms with Crippen molar-refractivity contribution in [2.24, 2.45) is 0 Å². The summed E-state index contributed by atoms with van der Waals surface area (Å²) < 4.78 is 7.85. The van der Waals surface area contributed by atoms with Gasteiger partial charge < -0.3 is 14.4 Å². The highest BCUT2D eigenvalue weighted by Crippen LogP contribution is 2.26. The first-order valence-corrected chi connectivity index (χ1v) is 6.06. The van der Waals surface area contributed by atoms with Crippen LogP contribution >= 0.6 is 0 Å². The van der Waals surface area contributed by atoms with Gasteiger partial charge in [-0.25, -0.2) is 4.98 Å². The van der Waals surface area contributed by atoms with Crippen molar-refractivity contribution in [1.82, 2.24) is 9.55 Å². The van der Waals surface area contributed by atoms with Gasteiger partial charge in [0, 0.05) is 6.61 Å². The predicted molar refractivity (Wildman–Crippen MR) is 64.5 cm³/mol. The topological polar surface area (TPSA) is 47.3 Å². The van der Waals surface area contributed by atoms with Gasteiger partial charge in [0.2, 0.25) is 0 Å². The Balaban J connectivity index is 1.99. The summed E-state index contributed by atoms with van der Waals surface area (Å²) in [6, 6.07) is 5.86. The van der Waals surface area contributed by atoms with Crippen molar-refractivity contribution in [2.45, 2.75) is 32.1 Å². The minimum absolute atomic E-state index is 0.0583. The molecule has 4 heteroatoms. The van der Waals surface area contributed by atoms with Crippen LogP contribution < -0.4 is 0 Å². The first kappa shape index (κ1) is 10.7. The van der Waals surface area contributed by atoms with E-state index in [1.54, 1.807) is 0 Å². The average Bonchev–Trinajstić information content (AvgIpc) is 2.82. The average molecular weight is 232 g/mol. The van der Waals surface area contributed by atoms with E-state index in [4.69, 9.17) is 9.84 Å². The van der Waals surface area contributed by atoms with E-state index < -0.39 is 0 Å². The summed E-state index contributed by atoms with van der Waals surface area (Å²) in [5.41, 5.74) is 2.90. The van der Waals surface area contributed by atoms with E-state index in [2.05, 4.69) is 9.55 Å². The van der Waals surface area contributed by atoms with Crippen molar-refractivity contribution >= 4 is 11.0 Å². The molecule has 1 aromatic heterocycles. The summed E-state index contributed by atoms with van der Waals surface area (Å²) in [6.07, 6.45) is 5.36. The number of aromatic nitrogens is 2. The second-order valence-corrected chi connectivity index (χ2v) is 4.45. The van der Waals surface area contributed by atoms with Crippen LogP contribution in [0.15, 0.2) is 24.5 Å². The molecule has 0 spiro atoms. The third-order valence-electron chi connectivity index (χ3n) is 3.29. The van der Waals surface area contributed by atoms with Gasteiger partial charge in [0.15, 0.2) is 0 Å². The number of nitrogens with zero attached hydrogens (tertiary/aromatic N) is 2. The Morgan fingerprint density at radius 2 is 2.35 bits per heavy atom. The number of benzene rings is 1. The van der Waals surface area contributed by atoms with Gasteiger partial charge in [-0.3, -0.25) is 0 Å². The number of aliphatic hydroxyl groups excluding tert-OH is 1. The number of rotatable bonds is 2. The van der Waals surface area contributed by atoms with Crippen LogP contribution in [0, 0.1) is 0 Å². The normalized spacial score (nSPS) is 20.9. The number of aliphatic hydroxyl groups is 1. The lowest BCUT2D eigenvalue weighted by Gasteiger charge is -2.24. The minimum Gasteiger partial charge on any atom is -0.392 e. The maximum Gasteiger partial charge on any atom is 0.135 e. The molecule has 1 atom stereocenters. The van der Waals surface area contributed by atoms with Gasteiger partial charge in [0.05, 0.1) is 24.0 Å². The zero-order chi connectivity index (χ0) is 11.7. The van der Waals surface area contributed by atoms with Crippen LogP contribution in [0.25, 0.3) is 11.0 Å². The molecule has 0 saturated carbocycles. The van der Waals surface area contributed by atoms with Crippen LogP contribution in [0.3, 0.4) is 0 Å². The molecule has 90 valence electrons. The lowest BCUT2D eigenvalue weighted by molar-refractivity contribution is -0.0295. The summed E-state index contributed by atoms with van der Waals surface area (Å²) in [5.74, 6) is 0. The quantitative estimate of drug-likeness (QED) is 0.863. The molecule has 0 aliphatic carbocycles. The SMILES string of the molecule is OCc1ccc2c(c1)ncn2[C@@H]1CCCCO1. The number of imidazole rings is 1. The standard InChI is InChI=1S/C13H16N2O2/c16-8-10-4-5-12-11(7-10)14-9-15(12)13-3-1-2-6-17-13/h4-5,7,9,13,16H,1-3,6,8H2/t13-/m0/s1. The van der Waals surface area contributed by atoms with Crippen LogP contribution in [-0.4, -0.2) is 21.3 Å². The van der Waals surface area contributed by atoms with Crippen molar-refractivity contribution < 1.29 is 9.84 Å². The molecule has 1 fully saturated rings. The second kappa shape index (κ2) is 4.47. The second-order valence-electron chi connectivity index (χ2n) is 4.45. The first-order chi connectivity index (χ1) is 8.38. The Labute approximate surface area is 99.8 Å². The molecule has 4 nitrogen and oxygen atoms in total. The highest BCUT2D eigenvalue weighted by atomic mass is 16.5. The minimum atomic E-state index is 0.0583. The summed E-state index contributed by atoms with van der Waals surface area (Å²) in [6.45, 7) is 0.891. The number of hydrogen-bond donors (Lipinski definition) is 1. The van der Waals surface area contributed by atoms with E-state index in [1.807, 2.05) is 24.5 Å². The monoisotopic (exact) mass is 232 g/mol. The Morgan fingerprint density at radius 3 is 3.12 bits per heavy atom. The fourth-order valence-electron chi connectivity index (χ4n) is 2.35. The number of ether oxygens (including phenoxy) is 1. The van der Waals surface area contributed by atoms with Crippen molar-refractivity contribution in [3.63, 3.8) is 0 Å². The van der Waals surface area contributed by atoms with Crippen LogP contribution in [-0.2, 0) is 11.3 Å². The third-order valence-corrected chi connectivity index (χ3v) is 3.29. The fraction of sp³-hybridized carbons (Fsp3) is 0.462. The Hall–Kier alpha value is -1.39. The van der Waals surface area contributed by atoms with Gasteiger partial charge in [0.25, 0.3) is 0 Å². The Kier molecular flexibility index (Phi) is 2.82. The Morgan fingerprint density at radius 1 is 1.41 bits per heavy atom. The van der Waals surface area contributed by atoms with Gasteiger partial charge in [0.1, 0.15) is 6.23 Å². The van der Waals surface area contributed by atoms with Crippen LogP contribution in [0.2, 0.25) is 0 Å².